The maximum absolute atomic E-state index is 13.6. The van der Waals surface area contributed by atoms with Crippen LogP contribution < -0.4 is 10.1 Å². The normalized spacial score (nSPS) is 11.4. The van der Waals surface area contributed by atoms with Crippen LogP contribution in [0.3, 0.4) is 0 Å². The molecule has 0 fully saturated rings. The van der Waals surface area contributed by atoms with Crippen molar-refractivity contribution in [3.05, 3.63) is 131 Å². The van der Waals surface area contributed by atoms with Crippen molar-refractivity contribution in [3.63, 3.8) is 0 Å². The molecule has 1 atom stereocenters. The first-order valence-corrected chi connectivity index (χ1v) is 11.9. The number of nitrogens with zero attached hydrogens (tertiary/aromatic N) is 2. The number of benzene rings is 3. The predicted molar refractivity (Wildman–Crippen MR) is 139 cm³/mol. The quantitative estimate of drug-likeness (QED) is 0.325. The monoisotopic (exact) mass is 499 g/mol. The van der Waals surface area contributed by atoms with Gasteiger partial charge < -0.3 is 15.0 Å². The highest BCUT2D eigenvalue weighted by Crippen LogP contribution is 2.25. The fourth-order valence-electron chi connectivity index (χ4n) is 3.75. The van der Waals surface area contributed by atoms with Crippen molar-refractivity contribution >= 4 is 23.4 Å². The van der Waals surface area contributed by atoms with Crippen molar-refractivity contribution in [2.24, 2.45) is 0 Å². The van der Waals surface area contributed by atoms with Crippen molar-refractivity contribution in [2.45, 2.75) is 19.1 Å². The Balaban J connectivity index is 1.62. The van der Waals surface area contributed by atoms with Gasteiger partial charge in [0.25, 0.3) is 5.91 Å². The number of aromatic nitrogens is 1. The minimum Gasteiger partial charge on any atom is -0.484 e. The second kappa shape index (κ2) is 12.5. The largest absolute Gasteiger partial charge is 0.484 e. The molecule has 0 aliphatic rings. The zero-order chi connectivity index (χ0) is 25.2. The lowest BCUT2D eigenvalue weighted by molar-refractivity contribution is -0.143. The summed E-state index contributed by atoms with van der Waals surface area (Å²) in [6.07, 6.45) is 3.35. The van der Waals surface area contributed by atoms with E-state index >= 15 is 0 Å². The third-order valence-corrected chi connectivity index (χ3v) is 5.84. The average molecular weight is 500 g/mol. The van der Waals surface area contributed by atoms with Gasteiger partial charge in [-0.25, -0.2) is 0 Å². The van der Waals surface area contributed by atoms with Crippen LogP contribution in [-0.2, 0) is 22.7 Å². The molecule has 0 aliphatic carbocycles. The van der Waals surface area contributed by atoms with E-state index in [1.165, 1.54) is 0 Å². The van der Waals surface area contributed by atoms with Gasteiger partial charge in [-0.3, -0.25) is 14.6 Å². The summed E-state index contributed by atoms with van der Waals surface area (Å²) in [6.45, 7) is 0.309. The summed E-state index contributed by atoms with van der Waals surface area (Å²) in [5, 5.41) is 3.58. The van der Waals surface area contributed by atoms with Crippen molar-refractivity contribution in [1.82, 2.24) is 15.2 Å². The topological polar surface area (TPSA) is 71.5 Å². The van der Waals surface area contributed by atoms with E-state index in [2.05, 4.69) is 10.3 Å². The molecule has 1 heterocycles. The third kappa shape index (κ3) is 6.93. The number of hydrogen-bond acceptors (Lipinski definition) is 4. The van der Waals surface area contributed by atoms with Crippen LogP contribution in [0.2, 0.25) is 5.02 Å². The number of para-hydroxylation sites is 1. The maximum atomic E-state index is 13.6. The van der Waals surface area contributed by atoms with E-state index in [0.29, 0.717) is 22.9 Å². The highest BCUT2D eigenvalue weighted by atomic mass is 35.5. The number of halogens is 1. The van der Waals surface area contributed by atoms with Crippen LogP contribution >= 0.6 is 11.6 Å². The Morgan fingerprint density at radius 2 is 1.47 bits per heavy atom. The van der Waals surface area contributed by atoms with Gasteiger partial charge in [-0.15, -0.1) is 0 Å². The van der Waals surface area contributed by atoms with Gasteiger partial charge in [-0.05, 0) is 53.1 Å². The SMILES string of the molecule is O=C(NCc1ccncc1)[C@@H](c1ccccc1)N(Cc1ccc(Cl)cc1)C(=O)COc1ccccc1. The third-order valence-electron chi connectivity index (χ3n) is 5.58. The molecular weight excluding hydrogens is 474 g/mol. The van der Waals surface area contributed by atoms with Crippen molar-refractivity contribution in [3.8, 4) is 5.75 Å². The zero-order valence-corrected chi connectivity index (χ0v) is 20.3. The highest BCUT2D eigenvalue weighted by Gasteiger charge is 2.31. The minimum absolute atomic E-state index is 0.205. The van der Waals surface area contributed by atoms with Crippen LogP contribution in [0.4, 0.5) is 0 Å². The molecule has 0 unspecified atom stereocenters. The summed E-state index contributed by atoms with van der Waals surface area (Å²) >= 11 is 6.07. The number of amides is 2. The van der Waals surface area contributed by atoms with E-state index in [1.807, 2.05) is 72.8 Å². The molecule has 4 aromatic rings. The highest BCUT2D eigenvalue weighted by molar-refractivity contribution is 6.30. The Hall–Kier alpha value is -4.16. The van der Waals surface area contributed by atoms with Gasteiger partial charge in [-0.2, -0.15) is 0 Å². The molecule has 1 N–H and O–H groups in total. The molecule has 0 bridgehead atoms. The molecule has 0 radical (unpaired) electrons. The molecule has 2 amide bonds. The average Bonchev–Trinajstić information content (AvgIpc) is 2.93. The van der Waals surface area contributed by atoms with E-state index in [0.717, 1.165) is 11.1 Å². The number of pyridine rings is 1. The van der Waals surface area contributed by atoms with Crippen molar-refractivity contribution in [1.29, 1.82) is 0 Å². The van der Waals surface area contributed by atoms with Crippen LogP contribution in [0, 0.1) is 0 Å². The molecule has 36 heavy (non-hydrogen) atoms. The first-order valence-electron chi connectivity index (χ1n) is 11.5. The summed E-state index contributed by atoms with van der Waals surface area (Å²) in [5.41, 5.74) is 2.45. The van der Waals surface area contributed by atoms with Gasteiger partial charge in [0.1, 0.15) is 11.8 Å². The van der Waals surface area contributed by atoms with Crippen LogP contribution in [0.5, 0.6) is 5.75 Å². The summed E-state index contributed by atoms with van der Waals surface area (Å²) < 4.78 is 5.75. The first-order chi connectivity index (χ1) is 17.6. The van der Waals surface area contributed by atoms with E-state index < -0.39 is 6.04 Å². The van der Waals surface area contributed by atoms with Crippen molar-refractivity contribution in [2.75, 3.05) is 6.61 Å². The number of hydrogen-bond donors (Lipinski definition) is 1. The van der Waals surface area contributed by atoms with Gasteiger partial charge in [0.15, 0.2) is 6.61 Å². The molecule has 182 valence electrons. The standard InChI is InChI=1S/C29H26ClN3O3/c30-25-13-11-23(12-14-25)20-33(27(34)21-36-26-9-5-2-6-10-26)28(24-7-3-1-4-8-24)29(35)32-19-22-15-17-31-18-16-22/h1-18,28H,19-21H2,(H,32,35)/t28-/m1/s1. The number of carbonyl (C=O) groups is 2. The fraction of sp³-hybridized carbons (Fsp3) is 0.138. The van der Waals surface area contributed by atoms with Crippen LogP contribution in [0.1, 0.15) is 22.7 Å². The Bertz CT molecular complexity index is 1250. The summed E-state index contributed by atoms with van der Waals surface area (Å²) in [5.74, 6) is -0.0301. The first kappa shape index (κ1) is 24.9. The number of carbonyl (C=O) groups excluding carboxylic acids is 2. The Morgan fingerprint density at radius 3 is 2.14 bits per heavy atom. The smallest absolute Gasteiger partial charge is 0.261 e. The Kier molecular flexibility index (Phi) is 8.67. The predicted octanol–water partition coefficient (Wildman–Crippen LogP) is 5.20. The van der Waals surface area contributed by atoms with Gasteiger partial charge in [0.05, 0.1) is 0 Å². The van der Waals surface area contributed by atoms with Crippen LogP contribution in [0.25, 0.3) is 0 Å². The number of nitrogens with one attached hydrogen (secondary N) is 1. The molecule has 0 saturated carbocycles. The fourth-order valence-corrected chi connectivity index (χ4v) is 3.88. The lowest BCUT2D eigenvalue weighted by atomic mass is 10.0. The molecule has 0 saturated heterocycles. The Labute approximate surface area is 215 Å². The molecule has 0 aliphatic heterocycles. The van der Waals surface area contributed by atoms with E-state index in [-0.39, 0.29) is 25.0 Å². The summed E-state index contributed by atoms with van der Waals surface area (Å²) in [4.78, 5) is 32.7. The molecule has 4 rings (SSSR count). The van der Waals surface area contributed by atoms with Crippen molar-refractivity contribution < 1.29 is 14.3 Å². The van der Waals surface area contributed by atoms with E-state index in [9.17, 15) is 9.59 Å². The second-order valence-electron chi connectivity index (χ2n) is 8.14. The van der Waals surface area contributed by atoms with Gasteiger partial charge in [-0.1, -0.05) is 72.3 Å². The van der Waals surface area contributed by atoms with E-state index in [4.69, 9.17) is 16.3 Å². The zero-order valence-electron chi connectivity index (χ0n) is 19.6. The molecule has 3 aromatic carbocycles. The molecular formula is C29H26ClN3O3. The lowest BCUT2D eigenvalue weighted by Gasteiger charge is -2.31. The second-order valence-corrected chi connectivity index (χ2v) is 8.57. The van der Waals surface area contributed by atoms with Gasteiger partial charge >= 0.3 is 0 Å². The lowest BCUT2D eigenvalue weighted by Crippen LogP contribution is -2.45. The summed E-state index contributed by atoms with van der Waals surface area (Å²) in [7, 11) is 0. The molecule has 7 heteroatoms. The number of rotatable bonds is 10. The molecule has 1 aromatic heterocycles. The minimum atomic E-state index is -0.865. The van der Waals surface area contributed by atoms with Crippen LogP contribution in [0.15, 0.2) is 109 Å². The summed E-state index contributed by atoms with van der Waals surface area (Å²) in [6, 6.07) is 28.4. The molecule has 6 nitrogen and oxygen atoms in total. The molecule has 0 spiro atoms. The number of ether oxygens (including phenoxy) is 1. The Morgan fingerprint density at radius 1 is 0.833 bits per heavy atom. The van der Waals surface area contributed by atoms with Gasteiger partial charge in [0.2, 0.25) is 5.91 Å². The maximum Gasteiger partial charge on any atom is 0.261 e. The van der Waals surface area contributed by atoms with Crippen LogP contribution in [-0.4, -0.2) is 28.3 Å². The van der Waals surface area contributed by atoms with E-state index in [1.54, 1.807) is 41.6 Å². The van der Waals surface area contributed by atoms with Gasteiger partial charge in [0, 0.05) is 30.5 Å².